The smallest absolute Gasteiger partial charge is 0.218 e. The van der Waals surface area contributed by atoms with Crippen LogP contribution in [0.1, 0.15) is 23.6 Å². The summed E-state index contributed by atoms with van der Waals surface area (Å²) < 4.78 is 5.56. The van der Waals surface area contributed by atoms with Crippen LogP contribution in [0.4, 0.5) is 0 Å². The van der Waals surface area contributed by atoms with Crippen molar-refractivity contribution in [2.75, 3.05) is 6.61 Å². The summed E-state index contributed by atoms with van der Waals surface area (Å²) in [7, 11) is 0. The number of aliphatic hydroxyl groups excluding tert-OH is 4. The normalized spacial score (nSPS) is 42.0. The molecule has 1 aromatic rings. The highest BCUT2D eigenvalue weighted by molar-refractivity contribution is 5.25. The molecular weight excluding hydrogens is 290 g/mol. The van der Waals surface area contributed by atoms with Crippen molar-refractivity contribution in [1.29, 1.82) is 0 Å². The number of ether oxygens (including phenoxy) is 1. The fraction of sp³-hybridized carbons (Fsp3) is 0.600. The lowest BCUT2D eigenvalue weighted by Crippen LogP contribution is -2.65. The van der Waals surface area contributed by atoms with Crippen LogP contribution < -0.4 is 5.48 Å². The van der Waals surface area contributed by atoms with Crippen molar-refractivity contribution in [3.8, 4) is 0 Å². The van der Waals surface area contributed by atoms with E-state index in [-0.39, 0.29) is 12.5 Å². The fourth-order valence-corrected chi connectivity index (χ4v) is 2.98. The number of hydrogen-bond donors (Lipinski definition) is 5. The molecule has 2 heterocycles. The van der Waals surface area contributed by atoms with Gasteiger partial charge >= 0.3 is 0 Å². The average Bonchev–Trinajstić information content (AvgIpc) is 2.95. The Bertz CT molecular complexity index is 521. The van der Waals surface area contributed by atoms with Crippen LogP contribution in [0.25, 0.3) is 0 Å². The minimum Gasteiger partial charge on any atom is -0.394 e. The van der Waals surface area contributed by atoms with E-state index in [2.05, 4.69) is 5.48 Å². The van der Waals surface area contributed by atoms with Gasteiger partial charge < -0.3 is 25.2 Å². The largest absolute Gasteiger partial charge is 0.394 e. The van der Waals surface area contributed by atoms with E-state index >= 15 is 0 Å². The fourth-order valence-electron chi connectivity index (χ4n) is 2.98. The number of nitrogens with one attached hydrogen (secondary N) is 1. The highest BCUT2D eigenvalue weighted by Gasteiger charge is 2.58. The summed E-state index contributed by atoms with van der Waals surface area (Å²) >= 11 is 0. The predicted octanol–water partition coefficient (Wildman–Crippen LogP) is -0.869. The number of aryl methyl sites for hydroxylation is 1. The Hall–Kier alpha value is -1.06. The maximum Gasteiger partial charge on any atom is 0.218 e. The molecule has 2 fully saturated rings. The number of benzene rings is 1. The van der Waals surface area contributed by atoms with Crippen LogP contribution >= 0.6 is 0 Å². The first-order chi connectivity index (χ1) is 10.5. The van der Waals surface area contributed by atoms with Gasteiger partial charge in [0.1, 0.15) is 24.4 Å². The topological polar surface area (TPSA) is 111 Å². The van der Waals surface area contributed by atoms with Crippen molar-refractivity contribution in [3.63, 3.8) is 0 Å². The van der Waals surface area contributed by atoms with E-state index in [0.717, 1.165) is 11.1 Å². The van der Waals surface area contributed by atoms with Crippen molar-refractivity contribution in [3.05, 3.63) is 35.4 Å². The molecule has 0 radical (unpaired) electrons. The maximum absolute atomic E-state index is 10.2. The van der Waals surface area contributed by atoms with E-state index in [1.807, 2.05) is 31.2 Å². The van der Waals surface area contributed by atoms with Crippen molar-refractivity contribution in [2.24, 2.45) is 0 Å². The Morgan fingerprint density at radius 2 is 1.86 bits per heavy atom. The van der Waals surface area contributed by atoms with Crippen LogP contribution in [-0.2, 0) is 9.57 Å². The Kier molecular flexibility index (Phi) is 4.21. The Labute approximate surface area is 128 Å². The Balaban J connectivity index is 1.81. The summed E-state index contributed by atoms with van der Waals surface area (Å²) in [6.45, 7) is 1.51. The molecule has 122 valence electrons. The van der Waals surface area contributed by atoms with Crippen molar-refractivity contribution < 1.29 is 30.0 Å². The second kappa shape index (κ2) is 5.86. The molecule has 1 unspecified atom stereocenters. The molecule has 0 bridgehead atoms. The van der Waals surface area contributed by atoms with Gasteiger partial charge in [-0.1, -0.05) is 29.8 Å². The highest BCUT2D eigenvalue weighted by atomic mass is 16.8. The number of aliphatic hydroxyl groups is 4. The third kappa shape index (κ3) is 2.55. The molecule has 2 aliphatic rings. The highest BCUT2D eigenvalue weighted by Crippen LogP contribution is 2.41. The van der Waals surface area contributed by atoms with Gasteiger partial charge in [-0.3, -0.25) is 4.84 Å². The average molecular weight is 311 g/mol. The van der Waals surface area contributed by atoms with E-state index in [0.29, 0.717) is 0 Å². The minimum atomic E-state index is -1.50. The molecule has 0 amide bonds. The van der Waals surface area contributed by atoms with E-state index in [4.69, 9.17) is 9.57 Å². The summed E-state index contributed by atoms with van der Waals surface area (Å²) in [6.07, 6.45) is -5.01. The summed E-state index contributed by atoms with van der Waals surface area (Å²) in [4.78, 5) is 5.44. The van der Waals surface area contributed by atoms with E-state index in [1.54, 1.807) is 0 Å². The molecule has 1 spiro atoms. The van der Waals surface area contributed by atoms with Crippen LogP contribution in [0.2, 0.25) is 0 Å². The van der Waals surface area contributed by atoms with E-state index in [9.17, 15) is 20.4 Å². The van der Waals surface area contributed by atoms with Gasteiger partial charge in [-0.05, 0) is 12.5 Å². The first-order valence-corrected chi connectivity index (χ1v) is 7.30. The van der Waals surface area contributed by atoms with Crippen LogP contribution in [0.3, 0.4) is 0 Å². The third-order valence-corrected chi connectivity index (χ3v) is 4.38. The molecular formula is C15H21NO6. The first-order valence-electron chi connectivity index (χ1n) is 7.30. The molecule has 2 saturated heterocycles. The van der Waals surface area contributed by atoms with Crippen LogP contribution in [0.5, 0.6) is 0 Å². The number of hydrogen-bond acceptors (Lipinski definition) is 7. The van der Waals surface area contributed by atoms with Crippen LogP contribution in [-0.4, -0.2) is 57.2 Å². The zero-order chi connectivity index (χ0) is 15.9. The lowest BCUT2D eigenvalue weighted by atomic mass is 9.88. The Morgan fingerprint density at radius 3 is 2.50 bits per heavy atom. The summed E-state index contributed by atoms with van der Waals surface area (Å²) in [5, 5.41) is 39.3. The monoisotopic (exact) mass is 311 g/mol. The standard InChI is InChI=1S/C15H21NO6/c1-8-2-4-9(5-3-8)10-6-15(22-16-10)14(20)13(19)12(18)11(7-17)21-15/h2-5,10-14,16-20H,6-7H2,1H3/t10?,11-,12-,13+,14-,15-/m1/s1. The van der Waals surface area contributed by atoms with Gasteiger partial charge in [-0.25, -0.2) is 0 Å². The van der Waals surface area contributed by atoms with Gasteiger partial charge in [0.05, 0.1) is 12.6 Å². The molecule has 1 aromatic carbocycles. The van der Waals surface area contributed by atoms with Crippen LogP contribution in [0.15, 0.2) is 24.3 Å². The van der Waals surface area contributed by atoms with Gasteiger partial charge in [0.2, 0.25) is 5.79 Å². The molecule has 3 rings (SSSR count). The summed E-state index contributed by atoms with van der Waals surface area (Å²) in [5.74, 6) is -1.50. The maximum atomic E-state index is 10.2. The molecule has 6 atom stereocenters. The second-order valence-corrected chi connectivity index (χ2v) is 5.96. The first kappa shape index (κ1) is 15.8. The van der Waals surface area contributed by atoms with Crippen molar-refractivity contribution >= 4 is 0 Å². The molecule has 7 nitrogen and oxygen atoms in total. The third-order valence-electron chi connectivity index (χ3n) is 4.38. The molecule has 22 heavy (non-hydrogen) atoms. The lowest BCUT2D eigenvalue weighted by molar-refractivity contribution is -0.360. The zero-order valence-corrected chi connectivity index (χ0v) is 12.2. The summed E-state index contributed by atoms with van der Waals surface area (Å²) in [6, 6.07) is 7.60. The molecule has 2 aliphatic heterocycles. The molecule has 0 aromatic heterocycles. The Morgan fingerprint density at radius 1 is 1.18 bits per heavy atom. The van der Waals surface area contributed by atoms with Gasteiger partial charge in [0.25, 0.3) is 0 Å². The van der Waals surface area contributed by atoms with E-state index in [1.165, 1.54) is 0 Å². The van der Waals surface area contributed by atoms with Crippen molar-refractivity contribution in [1.82, 2.24) is 5.48 Å². The molecule has 0 aliphatic carbocycles. The number of rotatable bonds is 2. The van der Waals surface area contributed by atoms with Gasteiger partial charge in [0.15, 0.2) is 0 Å². The second-order valence-electron chi connectivity index (χ2n) is 5.96. The lowest BCUT2D eigenvalue weighted by Gasteiger charge is -2.45. The number of hydroxylamine groups is 1. The molecule has 5 N–H and O–H groups in total. The SMILES string of the molecule is Cc1ccc(C2C[C@]3(ON2)O[C@H](CO)[C@@H](O)[C@H](O)[C@H]3O)cc1. The quantitative estimate of drug-likeness (QED) is 0.483. The van der Waals surface area contributed by atoms with Crippen LogP contribution in [0, 0.1) is 6.92 Å². The minimum absolute atomic E-state index is 0.225. The van der Waals surface area contributed by atoms with Crippen molar-refractivity contribution in [2.45, 2.75) is 49.6 Å². The summed E-state index contributed by atoms with van der Waals surface area (Å²) in [5.41, 5.74) is 4.89. The molecule has 7 heteroatoms. The van der Waals surface area contributed by atoms with Gasteiger partial charge in [-0.2, -0.15) is 5.48 Å². The van der Waals surface area contributed by atoms with Gasteiger partial charge in [-0.15, -0.1) is 0 Å². The predicted molar refractivity (Wildman–Crippen MR) is 75.5 cm³/mol. The molecule has 0 saturated carbocycles. The zero-order valence-electron chi connectivity index (χ0n) is 12.2. The van der Waals surface area contributed by atoms with E-state index < -0.39 is 36.8 Å². The van der Waals surface area contributed by atoms with Gasteiger partial charge in [0, 0.05) is 6.42 Å².